The number of benzene rings is 2. The molecule has 12 N–H and O–H groups in total. The Bertz CT molecular complexity index is 2870. The minimum absolute atomic E-state index is 0.0392. The van der Waals surface area contributed by atoms with Crippen LogP contribution >= 0.6 is 0 Å². The maximum atomic E-state index is 14.1. The number of nitrogens with two attached hydrogens (primary N) is 2. The first-order valence-electron chi connectivity index (χ1n) is 22.6. The highest BCUT2D eigenvalue weighted by Crippen LogP contribution is 2.57. The SMILES string of the molecule is CC(C)[C@@H]1C(=O)C(C(N)=O)=C(O)[C@@]2(O)C(O)C3C(=O)c4c(O)ccc(C#CCCCCC#Cc5ccc(O)c6c5CC5CC7[C@H](N(C)C)C(=O)C(C(N)=O)=C(O)[C@@]7(O)C(=O)C5=C6O)c4CC3CC12. The smallest absolute Gasteiger partial charge is 0.255 e. The quantitative estimate of drug-likeness (QED) is 0.108. The maximum absolute atomic E-state index is 14.1. The van der Waals surface area contributed by atoms with Gasteiger partial charge in [0.2, 0.25) is 5.78 Å². The fourth-order valence-corrected chi connectivity index (χ4v) is 12.2. The molecule has 0 bridgehead atoms. The van der Waals surface area contributed by atoms with Gasteiger partial charge in [-0.25, -0.2) is 0 Å². The van der Waals surface area contributed by atoms with Crippen molar-refractivity contribution in [2.45, 2.75) is 88.6 Å². The third-order valence-electron chi connectivity index (χ3n) is 15.2. The normalized spacial score (nSPS) is 30.6. The molecule has 0 aromatic heterocycles. The molecule has 356 valence electrons. The number of fused-ring (bicyclic) bond motifs is 6. The van der Waals surface area contributed by atoms with Crippen molar-refractivity contribution in [3.63, 3.8) is 0 Å². The summed E-state index contributed by atoms with van der Waals surface area (Å²) in [5.41, 5.74) is 5.39. The van der Waals surface area contributed by atoms with Crippen LogP contribution in [0.4, 0.5) is 0 Å². The number of rotatable bonds is 7. The van der Waals surface area contributed by atoms with Crippen molar-refractivity contribution in [3.05, 3.63) is 85.9 Å². The summed E-state index contributed by atoms with van der Waals surface area (Å²) in [6.07, 6.45) is 0.406. The number of phenols is 2. The van der Waals surface area contributed by atoms with Crippen molar-refractivity contribution >= 4 is 40.7 Å². The first-order valence-corrected chi connectivity index (χ1v) is 22.6. The van der Waals surface area contributed by atoms with Gasteiger partial charge in [-0.1, -0.05) is 37.5 Å². The zero-order valence-corrected chi connectivity index (χ0v) is 37.8. The van der Waals surface area contributed by atoms with E-state index in [9.17, 15) is 69.6 Å². The lowest BCUT2D eigenvalue weighted by atomic mass is 9.51. The van der Waals surface area contributed by atoms with Gasteiger partial charge < -0.3 is 52.3 Å². The number of hydrogen-bond acceptors (Lipinski definition) is 15. The van der Waals surface area contributed by atoms with Gasteiger partial charge in [0, 0.05) is 47.3 Å². The second-order valence-electron chi connectivity index (χ2n) is 19.4. The van der Waals surface area contributed by atoms with Crippen molar-refractivity contribution in [3.8, 4) is 35.2 Å². The Hall–Kier alpha value is -6.76. The number of Topliss-reactive ketones (excluding diaryl/α,β-unsaturated/α-hetero) is 4. The monoisotopic (exact) mass is 931 g/mol. The molecule has 6 unspecified atom stereocenters. The van der Waals surface area contributed by atoms with Crippen LogP contribution in [0, 0.1) is 65.1 Å². The van der Waals surface area contributed by atoms with E-state index >= 15 is 0 Å². The molecule has 17 heteroatoms. The van der Waals surface area contributed by atoms with Crippen molar-refractivity contribution < 1.29 is 69.6 Å². The number of nitrogens with zero attached hydrogens (tertiary/aromatic N) is 1. The Kier molecular flexibility index (Phi) is 12.0. The van der Waals surface area contributed by atoms with E-state index < -0.39 is 128 Å². The van der Waals surface area contributed by atoms with Crippen LogP contribution in [0.15, 0.2) is 52.5 Å². The third kappa shape index (κ3) is 6.93. The highest BCUT2D eigenvalue weighted by Gasteiger charge is 2.67. The van der Waals surface area contributed by atoms with Crippen LogP contribution in [0.5, 0.6) is 11.5 Å². The standard InChI is InChI=1S/C51H53N3O14/c1-21(2)32-28-19-24-17-26-22(13-15-30(55)35(26)41(58)33(24)44(61)50(28,67)46(63)37(40(32)57)48(52)65)11-9-7-5-6-8-10-12-23-14-16-31(56)36-27(23)18-25-20-29-39(54(3)4)43(60)38(49(53)66)47(64)51(29,68)45(62)34(25)42(36)59/h13-16,21,24-25,28-29,32-33,39,44,55-56,59,61,63-64,67-68H,5-8,17-20H2,1-4H3,(H2,52,65)(H2,53,66)/t24?,25?,28?,29?,32-,33?,39-,44?,50-,51-/m0/s1. The highest BCUT2D eigenvalue weighted by atomic mass is 16.4. The highest BCUT2D eigenvalue weighted by molar-refractivity contribution is 6.24. The fraction of sp³-hybridized carbons (Fsp3) is 0.451. The van der Waals surface area contributed by atoms with E-state index in [1.807, 2.05) is 0 Å². The van der Waals surface area contributed by atoms with E-state index in [-0.39, 0.29) is 53.9 Å². The average molecular weight is 932 g/mol. The van der Waals surface area contributed by atoms with Gasteiger partial charge in [0.25, 0.3) is 11.8 Å². The molecular formula is C51H53N3O14. The number of amides is 2. The van der Waals surface area contributed by atoms with Gasteiger partial charge in [-0.2, -0.15) is 0 Å². The number of phenolic OH excluding ortho intramolecular Hbond substituents is 2. The molecule has 68 heavy (non-hydrogen) atoms. The minimum Gasteiger partial charge on any atom is -0.508 e. The van der Waals surface area contributed by atoms with Crippen LogP contribution in [0.1, 0.15) is 90.5 Å². The molecule has 2 aromatic carbocycles. The largest absolute Gasteiger partial charge is 0.508 e. The van der Waals surface area contributed by atoms with Crippen LogP contribution in [-0.4, -0.2) is 118 Å². The Labute approximate surface area is 390 Å². The number of aromatic hydroxyl groups is 2. The van der Waals surface area contributed by atoms with Crippen LogP contribution in [0.2, 0.25) is 0 Å². The molecular weight excluding hydrogens is 879 g/mol. The van der Waals surface area contributed by atoms with Gasteiger partial charge in [0.15, 0.2) is 28.6 Å². The second kappa shape index (κ2) is 17.1. The van der Waals surface area contributed by atoms with Crippen molar-refractivity contribution in [1.82, 2.24) is 4.90 Å². The Morgan fingerprint density at radius 3 is 1.84 bits per heavy atom. The fourth-order valence-electron chi connectivity index (χ4n) is 12.2. The number of unbranched alkanes of at least 4 members (excludes halogenated alkanes) is 3. The predicted molar refractivity (Wildman–Crippen MR) is 241 cm³/mol. The number of aliphatic hydroxyl groups excluding tert-OH is 4. The Morgan fingerprint density at radius 1 is 0.750 bits per heavy atom. The Balaban J connectivity index is 0.977. The van der Waals surface area contributed by atoms with E-state index in [2.05, 4.69) is 23.7 Å². The zero-order chi connectivity index (χ0) is 49.6. The summed E-state index contributed by atoms with van der Waals surface area (Å²) in [4.78, 5) is 81.1. The van der Waals surface area contributed by atoms with Gasteiger partial charge in [0.05, 0.1) is 23.1 Å². The Morgan fingerprint density at radius 2 is 1.29 bits per heavy atom. The first-order chi connectivity index (χ1) is 32.0. The number of likely N-dealkylation sites (N-methyl/N-ethyl adjacent to an activating group) is 1. The molecule has 6 aliphatic rings. The van der Waals surface area contributed by atoms with E-state index in [0.29, 0.717) is 47.9 Å². The third-order valence-corrected chi connectivity index (χ3v) is 15.2. The molecule has 2 aromatic rings. The van der Waals surface area contributed by atoms with E-state index in [4.69, 9.17) is 11.5 Å². The van der Waals surface area contributed by atoms with Gasteiger partial charge >= 0.3 is 0 Å². The van der Waals surface area contributed by atoms with E-state index in [0.717, 1.165) is 0 Å². The number of aliphatic hydroxyl groups is 6. The second-order valence-corrected chi connectivity index (χ2v) is 19.4. The van der Waals surface area contributed by atoms with Crippen molar-refractivity contribution in [2.24, 2.45) is 52.9 Å². The topological polar surface area (TPSA) is 320 Å². The molecule has 10 atom stereocenters. The molecule has 2 fully saturated rings. The zero-order valence-electron chi connectivity index (χ0n) is 37.8. The summed E-state index contributed by atoms with van der Waals surface area (Å²) in [5, 5.41) is 91.1. The van der Waals surface area contributed by atoms with Crippen LogP contribution in [0.25, 0.3) is 5.76 Å². The van der Waals surface area contributed by atoms with Crippen LogP contribution < -0.4 is 11.5 Å². The lowest BCUT2D eigenvalue weighted by Crippen LogP contribution is -2.67. The number of carbonyl (C=O) groups excluding carboxylic acids is 6. The summed E-state index contributed by atoms with van der Waals surface area (Å²) in [5.74, 6) is -3.30. The molecule has 6 aliphatic carbocycles. The summed E-state index contributed by atoms with van der Waals surface area (Å²) in [6.45, 7) is 3.43. The van der Waals surface area contributed by atoms with Gasteiger partial charge in [-0.15, -0.1) is 0 Å². The molecule has 0 saturated heterocycles. The molecule has 0 radical (unpaired) electrons. The molecule has 0 spiro atoms. The predicted octanol–water partition coefficient (Wildman–Crippen LogP) is 1.87. The van der Waals surface area contributed by atoms with Gasteiger partial charge in [-0.05, 0) is 106 Å². The van der Waals surface area contributed by atoms with E-state index in [1.165, 1.54) is 31.1 Å². The van der Waals surface area contributed by atoms with Crippen molar-refractivity contribution in [2.75, 3.05) is 14.1 Å². The first kappa shape index (κ1) is 47.7. The molecule has 0 heterocycles. The van der Waals surface area contributed by atoms with Crippen molar-refractivity contribution in [1.29, 1.82) is 0 Å². The van der Waals surface area contributed by atoms with Gasteiger partial charge in [-0.3, -0.25) is 33.7 Å². The van der Waals surface area contributed by atoms with E-state index in [1.54, 1.807) is 26.0 Å². The van der Waals surface area contributed by atoms with Crippen LogP contribution in [-0.2, 0) is 36.8 Å². The maximum Gasteiger partial charge on any atom is 0.255 e. The molecule has 0 aliphatic heterocycles. The number of carbonyl (C=O) groups is 6. The summed E-state index contributed by atoms with van der Waals surface area (Å²) >= 11 is 0. The van der Waals surface area contributed by atoms with Crippen LogP contribution in [0.3, 0.4) is 0 Å². The molecule has 8 rings (SSSR count). The molecule has 17 nitrogen and oxygen atoms in total. The summed E-state index contributed by atoms with van der Waals surface area (Å²) < 4.78 is 0. The number of primary amides is 2. The minimum atomic E-state index is -2.75. The molecule has 2 amide bonds. The summed E-state index contributed by atoms with van der Waals surface area (Å²) in [7, 11) is 3.05. The number of ketones is 4. The van der Waals surface area contributed by atoms with Gasteiger partial charge in [0.1, 0.15) is 46.0 Å². The average Bonchev–Trinajstić information content (AvgIpc) is 3.25. The lowest BCUT2D eigenvalue weighted by molar-refractivity contribution is -0.186. The summed E-state index contributed by atoms with van der Waals surface area (Å²) in [6, 6.07) is 4.62. The number of hydrogen-bond donors (Lipinski definition) is 10. The lowest BCUT2D eigenvalue weighted by Gasteiger charge is -2.55. The molecule has 2 saturated carbocycles.